The zero-order chi connectivity index (χ0) is 19.2. The van der Waals surface area contributed by atoms with Crippen molar-refractivity contribution in [2.24, 2.45) is 5.92 Å². The van der Waals surface area contributed by atoms with E-state index in [0.717, 1.165) is 75.5 Å². The lowest BCUT2D eigenvalue weighted by atomic mass is 10.0. The Kier molecular flexibility index (Phi) is 6.39. The summed E-state index contributed by atoms with van der Waals surface area (Å²) in [5, 5.41) is 3.46. The molecule has 0 amide bonds. The molecule has 0 radical (unpaired) electrons. The first-order chi connectivity index (χ1) is 13.8. The normalized spacial score (nSPS) is 20.9. The molecule has 2 aromatic rings. The number of anilines is 2. The molecule has 28 heavy (non-hydrogen) atoms. The Balaban J connectivity index is 1.51. The van der Waals surface area contributed by atoms with Crippen LogP contribution in [0.2, 0.25) is 0 Å². The minimum atomic E-state index is 0.710. The lowest BCUT2D eigenvalue weighted by molar-refractivity contribution is 0.0398. The molecule has 0 saturated carbocycles. The zero-order valence-corrected chi connectivity index (χ0v) is 16.8. The van der Waals surface area contributed by atoms with E-state index in [1.807, 2.05) is 6.07 Å². The standard InChI is InChI=1S/C22H31N5O/c1-18-6-5-10-27(17-18)21-16-20(19-7-3-2-4-8-19)24-22(25-21)23-9-11-26-12-14-28-15-13-26/h2-4,7-8,16,18H,5-6,9-15,17H2,1H3,(H,23,24,25). The lowest BCUT2D eigenvalue weighted by Gasteiger charge is -2.32. The van der Waals surface area contributed by atoms with E-state index in [1.54, 1.807) is 0 Å². The summed E-state index contributed by atoms with van der Waals surface area (Å²) in [5.74, 6) is 2.47. The first-order valence-electron chi connectivity index (χ1n) is 10.5. The molecule has 1 aromatic carbocycles. The van der Waals surface area contributed by atoms with Gasteiger partial charge in [-0.25, -0.2) is 4.98 Å². The van der Waals surface area contributed by atoms with Crippen molar-refractivity contribution in [3.63, 3.8) is 0 Å². The number of morpholine rings is 1. The summed E-state index contributed by atoms with van der Waals surface area (Å²) in [7, 11) is 0. The van der Waals surface area contributed by atoms with Crippen LogP contribution in [0.1, 0.15) is 19.8 Å². The van der Waals surface area contributed by atoms with Gasteiger partial charge in [-0.05, 0) is 18.8 Å². The first kappa shape index (κ1) is 19.2. The van der Waals surface area contributed by atoms with Gasteiger partial charge in [0.05, 0.1) is 18.9 Å². The van der Waals surface area contributed by atoms with Crippen molar-refractivity contribution in [2.45, 2.75) is 19.8 Å². The van der Waals surface area contributed by atoms with Crippen LogP contribution in [-0.2, 0) is 4.74 Å². The Bertz CT molecular complexity index is 748. The van der Waals surface area contributed by atoms with E-state index < -0.39 is 0 Å². The van der Waals surface area contributed by atoms with Crippen molar-refractivity contribution in [3.05, 3.63) is 36.4 Å². The molecule has 6 heteroatoms. The third-order valence-corrected chi connectivity index (χ3v) is 5.58. The van der Waals surface area contributed by atoms with Gasteiger partial charge < -0.3 is 15.0 Å². The molecule has 2 aliphatic heterocycles. The van der Waals surface area contributed by atoms with Gasteiger partial charge >= 0.3 is 0 Å². The molecule has 2 aliphatic rings. The fourth-order valence-electron chi connectivity index (χ4n) is 3.98. The van der Waals surface area contributed by atoms with Gasteiger partial charge in [0.25, 0.3) is 0 Å². The molecular formula is C22H31N5O. The summed E-state index contributed by atoms with van der Waals surface area (Å²) in [4.78, 5) is 14.5. The molecule has 0 spiro atoms. The summed E-state index contributed by atoms with van der Waals surface area (Å²) in [5.41, 5.74) is 2.12. The van der Waals surface area contributed by atoms with Gasteiger partial charge in [-0.3, -0.25) is 4.90 Å². The zero-order valence-electron chi connectivity index (χ0n) is 16.8. The fourth-order valence-corrected chi connectivity index (χ4v) is 3.98. The van der Waals surface area contributed by atoms with Crippen molar-refractivity contribution in [1.29, 1.82) is 0 Å². The summed E-state index contributed by atoms with van der Waals surface area (Å²) in [6.07, 6.45) is 2.53. The third-order valence-electron chi connectivity index (χ3n) is 5.58. The van der Waals surface area contributed by atoms with Crippen LogP contribution >= 0.6 is 0 Å². The maximum Gasteiger partial charge on any atom is 0.225 e. The Morgan fingerprint density at radius 1 is 1.11 bits per heavy atom. The number of hydrogen-bond donors (Lipinski definition) is 1. The number of piperidine rings is 1. The van der Waals surface area contributed by atoms with Crippen LogP contribution in [0.15, 0.2) is 36.4 Å². The minimum absolute atomic E-state index is 0.710. The number of nitrogens with one attached hydrogen (secondary N) is 1. The van der Waals surface area contributed by atoms with E-state index in [2.05, 4.69) is 52.4 Å². The maximum atomic E-state index is 5.43. The molecule has 4 rings (SSSR count). The molecule has 3 heterocycles. The van der Waals surface area contributed by atoms with Crippen LogP contribution in [0, 0.1) is 5.92 Å². The Hall–Kier alpha value is -2.18. The van der Waals surface area contributed by atoms with Gasteiger partial charge in [-0.2, -0.15) is 4.98 Å². The van der Waals surface area contributed by atoms with Crippen molar-refractivity contribution in [2.75, 3.05) is 62.7 Å². The van der Waals surface area contributed by atoms with Crippen LogP contribution in [0.4, 0.5) is 11.8 Å². The van der Waals surface area contributed by atoms with Gasteiger partial charge in [0.1, 0.15) is 5.82 Å². The molecule has 1 aromatic heterocycles. The molecule has 0 bridgehead atoms. The predicted molar refractivity (Wildman–Crippen MR) is 114 cm³/mol. The molecule has 1 unspecified atom stereocenters. The first-order valence-corrected chi connectivity index (χ1v) is 10.5. The maximum absolute atomic E-state index is 5.43. The predicted octanol–water partition coefficient (Wildman–Crippen LogP) is 3.12. The van der Waals surface area contributed by atoms with Crippen molar-refractivity contribution in [1.82, 2.24) is 14.9 Å². The average Bonchev–Trinajstić information content (AvgIpc) is 2.75. The number of benzene rings is 1. The quantitative estimate of drug-likeness (QED) is 0.830. The minimum Gasteiger partial charge on any atom is -0.379 e. The molecule has 0 aliphatic carbocycles. The van der Waals surface area contributed by atoms with E-state index in [9.17, 15) is 0 Å². The van der Waals surface area contributed by atoms with Gasteiger partial charge in [-0.15, -0.1) is 0 Å². The molecule has 1 N–H and O–H groups in total. The molecule has 2 saturated heterocycles. The highest BCUT2D eigenvalue weighted by Gasteiger charge is 2.19. The number of nitrogens with zero attached hydrogens (tertiary/aromatic N) is 4. The number of ether oxygens (including phenoxy) is 1. The number of aromatic nitrogens is 2. The van der Waals surface area contributed by atoms with Crippen LogP contribution in [0.3, 0.4) is 0 Å². The molecule has 2 fully saturated rings. The van der Waals surface area contributed by atoms with Crippen LogP contribution in [-0.4, -0.2) is 67.4 Å². The van der Waals surface area contributed by atoms with Gasteiger partial charge in [0, 0.05) is 50.9 Å². The van der Waals surface area contributed by atoms with E-state index >= 15 is 0 Å². The van der Waals surface area contributed by atoms with E-state index in [4.69, 9.17) is 14.7 Å². The summed E-state index contributed by atoms with van der Waals surface area (Å²) in [6.45, 7) is 9.96. The fraction of sp³-hybridized carbons (Fsp3) is 0.545. The van der Waals surface area contributed by atoms with Crippen LogP contribution < -0.4 is 10.2 Å². The largest absolute Gasteiger partial charge is 0.379 e. The molecule has 150 valence electrons. The molecular weight excluding hydrogens is 350 g/mol. The number of hydrogen-bond acceptors (Lipinski definition) is 6. The van der Waals surface area contributed by atoms with Crippen LogP contribution in [0.25, 0.3) is 11.3 Å². The second-order valence-electron chi connectivity index (χ2n) is 7.88. The summed E-state index contributed by atoms with van der Waals surface area (Å²) >= 11 is 0. The topological polar surface area (TPSA) is 53.5 Å². The Labute approximate surface area is 167 Å². The highest BCUT2D eigenvalue weighted by atomic mass is 16.5. The van der Waals surface area contributed by atoms with Crippen molar-refractivity contribution in [3.8, 4) is 11.3 Å². The summed E-state index contributed by atoms with van der Waals surface area (Å²) in [6, 6.07) is 12.5. The monoisotopic (exact) mass is 381 g/mol. The van der Waals surface area contributed by atoms with E-state index in [1.165, 1.54) is 12.8 Å². The van der Waals surface area contributed by atoms with Gasteiger partial charge in [-0.1, -0.05) is 37.3 Å². The van der Waals surface area contributed by atoms with Gasteiger partial charge in [0.2, 0.25) is 5.95 Å². The highest BCUT2D eigenvalue weighted by molar-refractivity contribution is 5.64. The third kappa shape index (κ3) is 5.00. The molecule has 1 atom stereocenters. The Morgan fingerprint density at radius 3 is 2.71 bits per heavy atom. The lowest BCUT2D eigenvalue weighted by Crippen LogP contribution is -2.39. The average molecular weight is 382 g/mol. The second kappa shape index (κ2) is 9.34. The summed E-state index contributed by atoms with van der Waals surface area (Å²) < 4.78 is 5.43. The van der Waals surface area contributed by atoms with Crippen LogP contribution in [0.5, 0.6) is 0 Å². The second-order valence-corrected chi connectivity index (χ2v) is 7.88. The Morgan fingerprint density at radius 2 is 1.93 bits per heavy atom. The van der Waals surface area contributed by atoms with Crippen molar-refractivity contribution < 1.29 is 4.74 Å². The smallest absolute Gasteiger partial charge is 0.225 e. The van der Waals surface area contributed by atoms with E-state index in [-0.39, 0.29) is 0 Å². The highest BCUT2D eigenvalue weighted by Crippen LogP contribution is 2.26. The van der Waals surface area contributed by atoms with E-state index in [0.29, 0.717) is 5.92 Å². The number of rotatable bonds is 6. The van der Waals surface area contributed by atoms with Crippen molar-refractivity contribution >= 4 is 11.8 Å². The van der Waals surface area contributed by atoms with Gasteiger partial charge in [0.15, 0.2) is 0 Å². The molecule has 6 nitrogen and oxygen atoms in total. The SMILES string of the molecule is CC1CCCN(c2cc(-c3ccccc3)nc(NCCN3CCOCC3)n2)C1.